The van der Waals surface area contributed by atoms with E-state index in [0.717, 1.165) is 6.42 Å². The van der Waals surface area contributed by atoms with Crippen molar-refractivity contribution >= 4 is 11.8 Å². The van der Waals surface area contributed by atoms with Gasteiger partial charge >= 0.3 is 0 Å². The molecule has 0 aromatic carbocycles. The molecule has 0 aromatic heterocycles. The Kier molecular flexibility index (Phi) is 3.25. The van der Waals surface area contributed by atoms with Crippen LogP contribution in [0, 0.1) is 11.8 Å². The second kappa shape index (κ2) is 4.70. The van der Waals surface area contributed by atoms with Crippen molar-refractivity contribution in [2.45, 2.75) is 25.0 Å². The first kappa shape index (κ1) is 13.8. The van der Waals surface area contributed by atoms with E-state index in [-0.39, 0.29) is 29.4 Å². The van der Waals surface area contributed by atoms with Crippen LogP contribution in [0.5, 0.6) is 0 Å². The summed E-state index contributed by atoms with van der Waals surface area (Å²) >= 11 is 0. The first-order valence-corrected chi connectivity index (χ1v) is 7.30. The summed E-state index contributed by atoms with van der Waals surface area (Å²) in [7, 11) is 3.58. The molecule has 0 bridgehead atoms. The van der Waals surface area contributed by atoms with Crippen molar-refractivity contribution in [1.29, 1.82) is 0 Å². The number of ether oxygens (including phenoxy) is 1. The quantitative estimate of drug-likeness (QED) is 0.727. The lowest BCUT2D eigenvalue weighted by Gasteiger charge is -2.54. The minimum atomic E-state index is -0.257. The fourth-order valence-electron chi connectivity index (χ4n) is 3.33. The number of nitrogens with zero attached hydrogens (tertiary/aromatic N) is 2. The highest BCUT2D eigenvalue weighted by Crippen LogP contribution is 2.42. The number of hydrogen-bond donors (Lipinski definition) is 1. The molecule has 3 fully saturated rings. The number of rotatable bonds is 2. The third kappa shape index (κ3) is 2.20. The molecule has 1 aliphatic carbocycles. The second-order valence-electron chi connectivity index (χ2n) is 6.55. The molecule has 112 valence electrons. The van der Waals surface area contributed by atoms with Gasteiger partial charge in [-0.15, -0.1) is 0 Å². The molecule has 3 atom stereocenters. The fourth-order valence-corrected chi connectivity index (χ4v) is 3.33. The van der Waals surface area contributed by atoms with Crippen LogP contribution in [0.2, 0.25) is 0 Å². The number of likely N-dealkylation sites (N-methyl/N-ethyl adjacent to an activating group) is 2. The van der Waals surface area contributed by atoms with Gasteiger partial charge in [-0.1, -0.05) is 6.92 Å². The first-order valence-electron chi connectivity index (χ1n) is 7.30. The van der Waals surface area contributed by atoms with E-state index >= 15 is 0 Å². The molecule has 0 radical (unpaired) electrons. The molecular weight excluding hydrogens is 258 g/mol. The van der Waals surface area contributed by atoms with Crippen LogP contribution >= 0.6 is 0 Å². The zero-order valence-corrected chi connectivity index (χ0v) is 12.4. The van der Waals surface area contributed by atoms with Crippen LogP contribution in [0.1, 0.15) is 13.3 Å². The van der Waals surface area contributed by atoms with Crippen LogP contribution in [-0.4, -0.2) is 73.6 Å². The Morgan fingerprint density at radius 2 is 1.95 bits per heavy atom. The van der Waals surface area contributed by atoms with Crippen molar-refractivity contribution in [2.75, 3.05) is 40.3 Å². The molecule has 1 N–H and O–H groups in total. The third-order valence-corrected chi connectivity index (χ3v) is 4.86. The van der Waals surface area contributed by atoms with Crippen molar-refractivity contribution in [3.05, 3.63) is 0 Å². The average Bonchev–Trinajstić information content (AvgIpc) is 3.11. The second-order valence-corrected chi connectivity index (χ2v) is 6.55. The van der Waals surface area contributed by atoms with Crippen LogP contribution in [0.15, 0.2) is 0 Å². The number of likely N-dealkylation sites (tertiary alicyclic amines) is 1. The Balaban J connectivity index is 1.54. The molecule has 20 heavy (non-hydrogen) atoms. The molecule has 0 aromatic rings. The van der Waals surface area contributed by atoms with E-state index in [9.17, 15) is 9.59 Å². The van der Waals surface area contributed by atoms with Gasteiger partial charge in [0, 0.05) is 19.5 Å². The van der Waals surface area contributed by atoms with E-state index in [1.54, 1.807) is 7.05 Å². The smallest absolute Gasteiger partial charge is 0.239 e. The molecule has 0 unspecified atom stereocenters. The number of amides is 2. The largest absolute Gasteiger partial charge is 0.368 e. The summed E-state index contributed by atoms with van der Waals surface area (Å²) in [5.41, 5.74) is -0.257. The number of morpholine rings is 1. The Morgan fingerprint density at radius 3 is 2.45 bits per heavy atom. The van der Waals surface area contributed by atoms with Gasteiger partial charge in [-0.3, -0.25) is 14.5 Å². The van der Waals surface area contributed by atoms with E-state index in [0.29, 0.717) is 32.2 Å². The lowest BCUT2D eigenvalue weighted by Crippen LogP contribution is -2.73. The number of hydrogen-bond acceptors (Lipinski definition) is 4. The standard InChI is InChI=1S/C14H23N3O3/c1-9-4-10(9)13(19)17-7-14(8-17)6-16(3)11(5-20-14)12(18)15-2/h9-11H,4-8H2,1-3H3,(H,15,18)/t9-,10+,11+/m1/s1. The summed E-state index contributed by atoms with van der Waals surface area (Å²) in [6, 6.07) is -0.223. The Bertz CT molecular complexity index is 433. The zero-order valence-electron chi connectivity index (χ0n) is 12.4. The van der Waals surface area contributed by atoms with Crippen LogP contribution in [0.3, 0.4) is 0 Å². The maximum atomic E-state index is 12.1. The summed E-state index contributed by atoms with van der Waals surface area (Å²) in [6.45, 7) is 4.56. The molecule has 2 saturated heterocycles. The minimum Gasteiger partial charge on any atom is -0.368 e. The van der Waals surface area contributed by atoms with Gasteiger partial charge in [0.05, 0.1) is 19.7 Å². The van der Waals surface area contributed by atoms with Gasteiger partial charge in [-0.2, -0.15) is 0 Å². The van der Waals surface area contributed by atoms with E-state index < -0.39 is 0 Å². The van der Waals surface area contributed by atoms with Gasteiger partial charge in [-0.25, -0.2) is 0 Å². The minimum absolute atomic E-state index is 0.0126. The van der Waals surface area contributed by atoms with E-state index in [2.05, 4.69) is 12.2 Å². The highest BCUT2D eigenvalue weighted by Gasteiger charge is 2.54. The fraction of sp³-hybridized carbons (Fsp3) is 0.857. The summed E-state index contributed by atoms with van der Waals surface area (Å²) in [6.07, 6.45) is 1.03. The first-order chi connectivity index (χ1) is 9.46. The van der Waals surface area contributed by atoms with Crippen molar-refractivity contribution < 1.29 is 14.3 Å². The summed E-state index contributed by atoms with van der Waals surface area (Å²) in [4.78, 5) is 27.8. The van der Waals surface area contributed by atoms with E-state index in [1.807, 2.05) is 16.8 Å². The monoisotopic (exact) mass is 281 g/mol. The van der Waals surface area contributed by atoms with Gasteiger partial charge in [0.15, 0.2) is 0 Å². The van der Waals surface area contributed by atoms with Crippen molar-refractivity contribution in [2.24, 2.45) is 11.8 Å². The van der Waals surface area contributed by atoms with Crippen molar-refractivity contribution in [3.63, 3.8) is 0 Å². The molecular formula is C14H23N3O3. The summed E-state index contributed by atoms with van der Waals surface area (Å²) < 4.78 is 5.92. The third-order valence-electron chi connectivity index (χ3n) is 4.86. The lowest BCUT2D eigenvalue weighted by molar-refractivity contribution is -0.201. The maximum absolute atomic E-state index is 12.1. The Morgan fingerprint density at radius 1 is 1.30 bits per heavy atom. The van der Waals surface area contributed by atoms with Crippen molar-refractivity contribution in [1.82, 2.24) is 15.1 Å². The highest BCUT2D eigenvalue weighted by atomic mass is 16.5. The van der Waals surface area contributed by atoms with Crippen LogP contribution in [0.4, 0.5) is 0 Å². The maximum Gasteiger partial charge on any atom is 0.239 e. The van der Waals surface area contributed by atoms with Crippen LogP contribution in [0.25, 0.3) is 0 Å². The van der Waals surface area contributed by atoms with Crippen LogP contribution < -0.4 is 5.32 Å². The van der Waals surface area contributed by atoms with Gasteiger partial charge in [0.1, 0.15) is 11.6 Å². The highest BCUT2D eigenvalue weighted by molar-refractivity contribution is 5.83. The SMILES string of the molecule is CNC(=O)[C@@H]1COC2(CN(C(=O)[C@H]3C[C@H]3C)C2)CN1C. The summed E-state index contributed by atoms with van der Waals surface area (Å²) in [5, 5.41) is 2.66. The number of carbonyl (C=O) groups is 2. The Labute approximate surface area is 119 Å². The zero-order chi connectivity index (χ0) is 14.5. The summed E-state index contributed by atoms with van der Waals surface area (Å²) in [5.74, 6) is 1.06. The van der Waals surface area contributed by atoms with Crippen molar-refractivity contribution in [3.8, 4) is 0 Å². The lowest BCUT2D eigenvalue weighted by atomic mass is 9.90. The average molecular weight is 281 g/mol. The molecule has 2 aliphatic heterocycles. The topological polar surface area (TPSA) is 61.9 Å². The molecule has 2 amide bonds. The molecule has 6 heteroatoms. The molecule has 1 spiro atoms. The van der Waals surface area contributed by atoms with Gasteiger partial charge in [-0.05, 0) is 19.4 Å². The predicted octanol–water partition coefficient (Wildman–Crippen LogP) is -0.700. The number of carbonyl (C=O) groups excluding carboxylic acids is 2. The molecule has 3 rings (SSSR count). The van der Waals surface area contributed by atoms with Gasteiger partial charge in [0.2, 0.25) is 11.8 Å². The van der Waals surface area contributed by atoms with Crippen LogP contribution in [-0.2, 0) is 14.3 Å². The molecule has 3 aliphatic rings. The van der Waals surface area contributed by atoms with Gasteiger partial charge < -0.3 is 15.0 Å². The molecule has 1 saturated carbocycles. The predicted molar refractivity (Wildman–Crippen MR) is 73.0 cm³/mol. The van der Waals surface area contributed by atoms with E-state index in [4.69, 9.17) is 4.74 Å². The molecule has 2 heterocycles. The number of nitrogens with one attached hydrogen (secondary N) is 1. The molecule has 6 nitrogen and oxygen atoms in total. The van der Waals surface area contributed by atoms with E-state index in [1.165, 1.54) is 0 Å². The normalized spacial score (nSPS) is 35.5. The van der Waals surface area contributed by atoms with Gasteiger partial charge in [0.25, 0.3) is 0 Å². The Hall–Kier alpha value is -1.14.